The minimum atomic E-state index is -4.14. The maximum atomic E-state index is 12.0. The number of alkyl halides is 3. The number of aryl methyl sites for hydroxylation is 1. The largest absolute Gasteiger partial charge is 0.401 e. The third-order valence-corrected chi connectivity index (χ3v) is 3.07. The molecule has 0 aromatic heterocycles. The van der Waals surface area contributed by atoms with Crippen molar-refractivity contribution in [2.24, 2.45) is 0 Å². The van der Waals surface area contributed by atoms with Gasteiger partial charge in [0.15, 0.2) is 0 Å². The summed E-state index contributed by atoms with van der Waals surface area (Å²) < 4.78 is 36.0. The van der Waals surface area contributed by atoms with Crippen LogP contribution >= 0.6 is 0 Å². The molecular formula is C14H21F3N2. The molecule has 0 aliphatic heterocycles. The van der Waals surface area contributed by atoms with E-state index in [1.165, 1.54) is 5.56 Å². The summed E-state index contributed by atoms with van der Waals surface area (Å²) in [7, 11) is 1.92. The van der Waals surface area contributed by atoms with E-state index in [9.17, 15) is 13.2 Å². The molecule has 108 valence electrons. The zero-order valence-corrected chi connectivity index (χ0v) is 11.6. The van der Waals surface area contributed by atoms with Crippen LogP contribution in [0.5, 0.6) is 0 Å². The van der Waals surface area contributed by atoms with Gasteiger partial charge in [0.05, 0.1) is 6.54 Å². The van der Waals surface area contributed by atoms with E-state index in [0.29, 0.717) is 6.54 Å². The number of rotatable bonds is 6. The molecule has 0 fully saturated rings. The first kappa shape index (κ1) is 16.0. The molecule has 0 aliphatic carbocycles. The molecule has 0 bridgehead atoms. The second-order valence-corrected chi connectivity index (χ2v) is 5.00. The van der Waals surface area contributed by atoms with E-state index >= 15 is 0 Å². The average molecular weight is 274 g/mol. The second kappa shape index (κ2) is 6.91. The minimum absolute atomic E-state index is 0.0450. The van der Waals surface area contributed by atoms with Gasteiger partial charge in [-0.3, -0.25) is 4.90 Å². The van der Waals surface area contributed by atoms with Crippen LogP contribution in [-0.2, 0) is 6.54 Å². The lowest BCUT2D eigenvalue weighted by Crippen LogP contribution is -2.40. The highest BCUT2D eigenvalue weighted by molar-refractivity contribution is 5.21. The molecule has 1 rings (SSSR count). The van der Waals surface area contributed by atoms with E-state index in [2.05, 4.69) is 5.32 Å². The van der Waals surface area contributed by atoms with E-state index in [1.54, 1.807) is 0 Å². The Morgan fingerprint density at radius 2 is 1.79 bits per heavy atom. The predicted octanol–water partition coefficient (Wildman–Crippen LogP) is 2.97. The van der Waals surface area contributed by atoms with Gasteiger partial charge in [0, 0.05) is 19.1 Å². The SMILES string of the molecule is Cc1ccc(CN(C)C(C)CNCC(F)(F)F)cc1. The van der Waals surface area contributed by atoms with Crippen molar-refractivity contribution in [2.45, 2.75) is 32.6 Å². The molecule has 1 atom stereocenters. The monoisotopic (exact) mass is 274 g/mol. The van der Waals surface area contributed by atoms with Crippen molar-refractivity contribution in [2.75, 3.05) is 20.1 Å². The standard InChI is InChI=1S/C14H21F3N2/c1-11-4-6-13(7-5-11)9-19(3)12(2)8-18-10-14(15,16)17/h4-7,12,18H,8-10H2,1-3H3. The Labute approximate surface area is 112 Å². The summed E-state index contributed by atoms with van der Waals surface area (Å²) in [5, 5.41) is 2.43. The first-order valence-corrected chi connectivity index (χ1v) is 6.31. The van der Waals surface area contributed by atoms with Crippen LogP contribution in [0.15, 0.2) is 24.3 Å². The van der Waals surface area contributed by atoms with E-state index in [1.807, 2.05) is 50.1 Å². The lowest BCUT2D eigenvalue weighted by molar-refractivity contribution is -0.125. The van der Waals surface area contributed by atoms with Crippen molar-refractivity contribution in [1.82, 2.24) is 10.2 Å². The van der Waals surface area contributed by atoms with Crippen LogP contribution in [0.2, 0.25) is 0 Å². The average Bonchev–Trinajstić information content (AvgIpc) is 2.30. The van der Waals surface area contributed by atoms with Crippen LogP contribution in [0.1, 0.15) is 18.1 Å². The molecule has 0 amide bonds. The summed E-state index contributed by atoms with van der Waals surface area (Å²) in [6.07, 6.45) is -4.14. The molecule has 5 heteroatoms. The highest BCUT2D eigenvalue weighted by Crippen LogP contribution is 2.12. The Morgan fingerprint density at radius 3 is 2.32 bits per heavy atom. The fourth-order valence-electron chi connectivity index (χ4n) is 1.72. The normalized spacial score (nSPS) is 13.8. The Bertz CT molecular complexity index is 373. The smallest absolute Gasteiger partial charge is 0.307 e. The van der Waals surface area contributed by atoms with Gasteiger partial charge in [-0.1, -0.05) is 29.8 Å². The molecule has 0 heterocycles. The van der Waals surface area contributed by atoms with Crippen LogP contribution in [-0.4, -0.2) is 37.3 Å². The number of hydrogen-bond acceptors (Lipinski definition) is 2. The Kier molecular flexibility index (Phi) is 5.82. The van der Waals surface area contributed by atoms with Crippen LogP contribution in [0.4, 0.5) is 13.2 Å². The number of nitrogens with zero attached hydrogens (tertiary/aromatic N) is 1. The van der Waals surface area contributed by atoms with Gasteiger partial charge in [-0.2, -0.15) is 13.2 Å². The van der Waals surface area contributed by atoms with E-state index in [4.69, 9.17) is 0 Å². The number of nitrogens with one attached hydrogen (secondary N) is 1. The zero-order valence-electron chi connectivity index (χ0n) is 11.6. The fourth-order valence-corrected chi connectivity index (χ4v) is 1.72. The summed E-state index contributed by atoms with van der Waals surface area (Å²) >= 11 is 0. The number of halogens is 3. The minimum Gasteiger partial charge on any atom is -0.307 e. The van der Waals surface area contributed by atoms with Crippen LogP contribution < -0.4 is 5.32 Å². The fraction of sp³-hybridized carbons (Fsp3) is 0.571. The third kappa shape index (κ3) is 6.59. The quantitative estimate of drug-likeness (QED) is 0.858. The Hall–Kier alpha value is -1.07. The van der Waals surface area contributed by atoms with Crippen molar-refractivity contribution in [3.8, 4) is 0 Å². The Morgan fingerprint density at radius 1 is 1.21 bits per heavy atom. The number of likely N-dealkylation sites (N-methyl/N-ethyl adjacent to an activating group) is 1. The van der Waals surface area contributed by atoms with Gasteiger partial charge in [0.25, 0.3) is 0 Å². The van der Waals surface area contributed by atoms with Crippen molar-refractivity contribution in [3.05, 3.63) is 35.4 Å². The van der Waals surface area contributed by atoms with Crippen LogP contribution in [0.25, 0.3) is 0 Å². The summed E-state index contributed by atoms with van der Waals surface area (Å²) in [6.45, 7) is 4.06. The van der Waals surface area contributed by atoms with Gasteiger partial charge in [-0.25, -0.2) is 0 Å². The van der Waals surface area contributed by atoms with Gasteiger partial charge < -0.3 is 5.32 Å². The van der Waals surface area contributed by atoms with Crippen molar-refractivity contribution in [3.63, 3.8) is 0 Å². The molecule has 1 unspecified atom stereocenters. The summed E-state index contributed by atoms with van der Waals surface area (Å²) in [6, 6.07) is 8.21. The van der Waals surface area contributed by atoms with Gasteiger partial charge >= 0.3 is 6.18 Å². The van der Waals surface area contributed by atoms with Crippen molar-refractivity contribution < 1.29 is 13.2 Å². The van der Waals surface area contributed by atoms with E-state index in [-0.39, 0.29) is 6.04 Å². The first-order chi connectivity index (χ1) is 8.78. The maximum absolute atomic E-state index is 12.0. The van der Waals surface area contributed by atoms with Gasteiger partial charge in [-0.15, -0.1) is 0 Å². The highest BCUT2D eigenvalue weighted by Gasteiger charge is 2.26. The molecule has 1 N–H and O–H groups in total. The van der Waals surface area contributed by atoms with Gasteiger partial charge in [0.1, 0.15) is 0 Å². The summed E-state index contributed by atoms with van der Waals surface area (Å²) in [4.78, 5) is 2.04. The highest BCUT2D eigenvalue weighted by atomic mass is 19.4. The molecule has 1 aromatic carbocycles. The molecule has 0 saturated heterocycles. The molecule has 1 aromatic rings. The van der Waals surface area contributed by atoms with E-state index < -0.39 is 12.7 Å². The molecular weight excluding hydrogens is 253 g/mol. The molecule has 0 spiro atoms. The molecule has 0 saturated carbocycles. The molecule has 0 aliphatic rings. The second-order valence-electron chi connectivity index (χ2n) is 5.00. The lowest BCUT2D eigenvalue weighted by atomic mass is 10.1. The van der Waals surface area contributed by atoms with Crippen molar-refractivity contribution in [1.29, 1.82) is 0 Å². The predicted molar refractivity (Wildman–Crippen MR) is 71.0 cm³/mol. The third-order valence-electron chi connectivity index (χ3n) is 3.07. The number of hydrogen-bond donors (Lipinski definition) is 1. The maximum Gasteiger partial charge on any atom is 0.401 e. The van der Waals surface area contributed by atoms with Crippen LogP contribution in [0, 0.1) is 6.92 Å². The first-order valence-electron chi connectivity index (χ1n) is 6.31. The topological polar surface area (TPSA) is 15.3 Å². The van der Waals surface area contributed by atoms with Gasteiger partial charge in [-0.05, 0) is 26.5 Å². The van der Waals surface area contributed by atoms with Crippen molar-refractivity contribution >= 4 is 0 Å². The Balaban J connectivity index is 2.36. The summed E-state index contributed by atoms with van der Waals surface area (Å²) in [5.74, 6) is 0. The molecule has 0 radical (unpaired) electrons. The summed E-state index contributed by atoms with van der Waals surface area (Å²) in [5.41, 5.74) is 2.36. The van der Waals surface area contributed by atoms with Crippen LogP contribution in [0.3, 0.4) is 0 Å². The molecule has 19 heavy (non-hydrogen) atoms. The van der Waals surface area contributed by atoms with E-state index in [0.717, 1.165) is 12.1 Å². The number of benzene rings is 1. The zero-order chi connectivity index (χ0) is 14.5. The molecule has 2 nitrogen and oxygen atoms in total. The van der Waals surface area contributed by atoms with Gasteiger partial charge in [0.2, 0.25) is 0 Å². The lowest BCUT2D eigenvalue weighted by Gasteiger charge is -2.25.